The third kappa shape index (κ3) is 7.23. The van der Waals surface area contributed by atoms with Gasteiger partial charge in [-0.15, -0.1) is 0 Å². The van der Waals surface area contributed by atoms with E-state index in [-0.39, 0.29) is 12.0 Å². The van der Waals surface area contributed by atoms with Crippen molar-refractivity contribution < 1.29 is 9.94 Å². The number of hydrogen-bond acceptors (Lipinski definition) is 6. The van der Waals surface area contributed by atoms with E-state index in [0.29, 0.717) is 11.7 Å². The third-order valence-electron chi connectivity index (χ3n) is 4.68. The van der Waals surface area contributed by atoms with Gasteiger partial charge in [0.2, 0.25) is 0 Å². The van der Waals surface area contributed by atoms with Crippen molar-refractivity contribution in [1.29, 1.82) is 0 Å². The summed E-state index contributed by atoms with van der Waals surface area (Å²) in [5.41, 5.74) is -0.102. The van der Waals surface area contributed by atoms with Crippen LogP contribution in [0, 0.1) is 5.41 Å². The molecule has 1 atom stereocenters. The topological polar surface area (TPSA) is 60.3 Å². The minimum atomic E-state index is -0.530. The monoisotopic (exact) mass is 362 g/mol. The number of aliphatic hydroxyl groups excluding tert-OH is 1. The lowest BCUT2D eigenvalue weighted by atomic mass is 9.82. The van der Waals surface area contributed by atoms with Crippen molar-refractivity contribution >= 4 is 16.8 Å². The molecule has 0 saturated carbocycles. The highest BCUT2D eigenvalue weighted by atomic mass is 35.5. The molecule has 2 heterocycles. The van der Waals surface area contributed by atoms with E-state index in [1.54, 1.807) is 0 Å². The summed E-state index contributed by atoms with van der Waals surface area (Å²) < 4.78 is 0. The number of β-amino-alcohol motifs (C(OH)–C–C–N with tert-alkyl or cyclic N) is 1. The molecule has 0 aromatic rings. The van der Waals surface area contributed by atoms with Gasteiger partial charge in [-0.25, -0.2) is 0 Å². The van der Waals surface area contributed by atoms with E-state index in [4.69, 9.17) is 16.4 Å². The fraction of sp³-hybridized carbons (Fsp3) is 0.941. The first kappa shape index (κ1) is 21.6. The molecule has 1 unspecified atom stereocenters. The number of oxime groups is 1. The second-order valence-corrected chi connectivity index (χ2v) is 7.10. The molecule has 2 N–H and O–H groups in total. The van der Waals surface area contributed by atoms with Crippen LogP contribution >= 0.6 is 11.6 Å². The van der Waals surface area contributed by atoms with Crippen molar-refractivity contribution in [2.24, 2.45) is 10.6 Å². The van der Waals surface area contributed by atoms with Gasteiger partial charge in [-0.1, -0.05) is 37.5 Å². The Kier molecular flexibility index (Phi) is 10.2. The Morgan fingerprint density at radius 1 is 1.25 bits per heavy atom. The number of halogens is 1. The van der Waals surface area contributed by atoms with Crippen molar-refractivity contribution in [2.45, 2.75) is 39.7 Å². The molecule has 2 aliphatic rings. The smallest absolute Gasteiger partial charge is 0.151 e. The first-order valence-corrected chi connectivity index (χ1v) is 9.53. The number of likely N-dealkylation sites (N-methyl/N-ethyl adjacent to an activating group) is 1. The molecule has 0 spiro atoms. The van der Waals surface area contributed by atoms with Gasteiger partial charge < -0.3 is 20.2 Å². The number of piperazine rings is 1. The maximum atomic E-state index is 10.1. The summed E-state index contributed by atoms with van der Waals surface area (Å²) in [4.78, 5) is 9.84. The molecular formula is C17H35ClN4O2. The Morgan fingerprint density at radius 2 is 1.83 bits per heavy atom. The molecule has 0 amide bonds. The van der Waals surface area contributed by atoms with E-state index in [1.807, 2.05) is 13.8 Å². The quantitative estimate of drug-likeness (QED) is 0.555. The standard InChI is InChI=1S/C15H29ClN4O2.C2H6/c1-15(3-5-17-6-4-15)14(16)18-22-12-13(21)11-20-9-7-19(2)8-10-20;1-2/h13,17,21H,3-12H2,1-2H3;1-2H3/b18-14-;. The molecule has 0 radical (unpaired) electrons. The molecule has 2 aliphatic heterocycles. The summed E-state index contributed by atoms with van der Waals surface area (Å²) in [5.74, 6) is 0. The van der Waals surface area contributed by atoms with Crippen LogP contribution in [0.3, 0.4) is 0 Å². The Hall–Kier alpha value is -0.400. The molecule has 2 fully saturated rings. The Labute approximate surface area is 152 Å². The van der Waals surface area contributed by atoms with Crippen LogP contribution in [0.15, 0.2) is 5.16 Å². The second-order valence-electron chi connectivity index (χ2n) is 6.75. The van der Waals surface area contributed by atoms with Crippen LogP contribution in [0.2, 0.25) is 0 Å². The second kappa shape index (κ2) is 11.3. The van der Waals surface area contributed by atoms with E-state index in [0.717, 1.165) is 52.1 Å². The van der Waals surface area contributed by atoms with Gasteiger partial charge in [-0.2, -0.15) is 0 Å². The predicted molar refractivity (Wildman–Crippen MR) is 101 cm³/mol. The SMILES string of the molecule is CC.CN1CCN(CC(O)CO/N=C(\Cl)C2(C)CCNCC2)CC1. The predicted octanol–water partition coefficient (Wildman–Crippen LogP) is 1.58. The lowest BCUT2D eigenvalue weighted by molar-refractivity contribution is 0.0102. The number of nitrogens with one attached hydrogen (secondary N) is 1. The van der Waals surface area contributed by atoms with Crippen LogP contribution in [-0.2, 0) is 4.84 Å². The van der Waals surface area contributed by atoms with Gasteiger partial charge in [0.15, 0.2) is 5.17 Å². The molecule has 142 valence electrons. The first-order chi connectivity index (χ1) is 11.5. The fourth-order valence-corrected chi connectivity index (χ4v) is 3.09. The molecule has 2 rings (SSSR count). The van der Waals surface area contributed by atoms with Gasteiger partial charge in [-0.05, 0) is 33.0 Å². The van der Waals surface area contributed by atoms with Crippen molar-refractivity contribution in [3.05, 3.63) is 0 Å². The summed E-state index contributed by atoms with van der Waals surface area (Å²) in [7, 11) is 2.12. The Bertz CT molecular complexity index is 368. The van der Waals surface area contributed by atoms with Gasteiger partial charge in [0.05, 0.1) is 0 Å². The average Bonchev–Trinajstić information content (AvgIpc) is 2.59. The summed E-state index contributed by atoms with van der Waals surface area (Å²) in [5, 5.41) is 17.9. The zero-order valence-electron chi connectivity index (χ0n) is 15.7. The zero-order chi connectivity index (χ0) is 18.0. The molecule has 7 heteroatoms. The first-order valence-electron chi connectivity index (χ1n) is 9.15. The molecule has 6 nitrogen and oxygen atoms in total. The van der Waals surface area contributed by atoms with Crippen LogP contribution in [0.5, 0.6) is 0 Å². The molecule has 0 bridgehead atoms. The normalized spacial score (nSPS) is 24.0. The van der Waals surface area contributed by atoms with Crippen LogP contribution in [0.25, 0.3) is 0 Å². The van der Waals surface area contributed by atoms with E-state index in [9.17, 15) is 5.11 Å². The van der Waals surface area contributed by atoms with Crippen LogP contribution in [0.4, 0.5) is 0 Å². The fourth-order valence-electron chi connectivity index (χ4n) is 2.86. The lowest BCUT2D eigenvalue weighted by Gasteiger charge is -2.33. The highest BCUT2D eigenvalue weighted by Crippen LogP contribution is 2.31. The molecule has 0 aromatic heterocycles. The van der Waals surface area contributed by atoms with E-state index >= 15 is 0 Å². The minimum Gasteiger partial charge on any atom is -0.392 e. The zero-order valence-corrected chi connectivity index (χ0v) is 16.5. The maximum Gasteiger partial charge on any atom is 0.151 e. The van der Waals surface area contributed by atoms with E-state index in [2.05, 4.69) is 34.2 Å². The Balaban J connectivity index is 0.00000139. The summed E-state index contributed by atoms with van der Waals surface area (Å²) >= 11 is 6.29. The molecule has 24 heavy (non-hydrogen) atoms. The summed E-state index contributed by atoms with van der Waals surface area (Å²) in [6, 6.07) is 0. The van der Waals surface area contributed by atoms with E-state index < -0.39 is 6.10 Å². The average molecular weight is 363 g/mol. The summed E-state index contributed by atoms with van der Waals surface area (Å²) in [6.07, 6.45) is 1.39. The largest absolute Gasteiger partial charge is 0.392 e. The van der Waals surface area contributed by atoms with E-state index in [1.165, 1.54) is 0 Å². The van der Waals surface area contributed by atoms with Gasteiger partial charge in [0.25, 0.3) is 0 Å². The number of nitrogens with zero attached hydrogens (tertiary/aromatic N) is 3. The minimum absolute atomic E-state index is 0.102. The van der Waals surface area contributed by atoms with Crippen molar-refractivity contribution in [1.82, 2.24) is 15.1 Å². The molecule has 2 saturated heterocycles. The lowest BCUT2D eigenvalue weighted by Crippen LogP contribution is -2.47. The van der Waals surface area contributed by atoms with Gasteiger partial charge in [0, 0.05) is 38.1 Å². The van der Waals surface area contributed by atoms with Crippen LogP contribution in [-0.4, -0.2) is 85.6 Å². The number of rotatable bonds is 6. The molecule has 0 aliphatic carbocycles. The van der Waals surface area contributed by atoms with Crippen LogP contribution in [0.1, 0.15) is 33.6 Å². The third-order valence-corrected chi connectivity index (χ3v) is 5.21. The highest BCUT2D eigenvalue weighted by molar-refractivity contribution is 6.66. The molecule has 0 aromatic carbocycles. The van der Waals surface area contributed by atoms with Crippen molar-refractivity contribution in [3.8, 4) is 0 Å². The number of piperidine rings is 1. The van der Waals surface area contributed by atoms with Crippen molar-refractivity contribution in [3.63, 3.8) is 0 Å². The maximum absolute atomic E-state index is 10.1. The van der Waals surface area contributed by atoms with Gasteiger partial charge in [-0.3, -0.25) is 4.90 Å². The number of aliphatic hydroxyl groups is 1. The highest BCUT2D eigenvalue weighted by Gasteiger charge is 2.32. The van der Waals surface area contributed by atoms with Crippen LogP contribution < -0.4 is 5.32 Å². The Morgan fingerprint density at radius 3 is 2.42 bits per heavy atom. The number of hydrogen-bond donors (Lipinski definition) is 2. The summed E-state index contributed by atoms with van der Waals surface area (Å²) in [6.45, 7) is 12.9. The van der Waals surface area contributed by atoms with Gasteiger partial charge in [0.1, 0.15) is 12.7 Å². The van der Waals surface area contributed by atoms with Crippen molar-refractivity contribution in [2.75, 3.05) is 59.5 Å². The molecular weight excluding hydrogens is 328 g/mol. The van der Waals surface area contributed by atoms with Gasteiger partial charge >= 0.3 is 0 Å².